The number of carboxylic acid groups (broad SMARTS) is 1. The third kappa shape index (κ3) is 2.63. The summed E-state index contributed by atoms with van der Waals surface area (Å²) in [5, 5.41) is 21.5. The van der Waals surface area contributed by atoms with E-state index >= 15 is 0 Å². The van der Waals surface area contributed by atoms with Crippen LogP contribution in [0.25, 0.3) is 0 Å². The van der Waals surface area contributed by atoms with E-state index in [2.05, 4.69) is 10.3 Å². The standard InChI is InChI=1S/C8H9N3O4/c1-5-2-3-9-8(7(5)11(14)15)10-4-6(12)13/h2-3H,4H2,1H3,(H,9,10)(H,12,13). The van der Waals surface area contributed by atoms with Crippen molar-refractivity contribution in [3.05, 3.63) is 27.9 Å². The molecule has 1 aromatic heterocycles. The minimum atomic E-state index is -1.10. The van der Waals surface area contributed by atoms with Crippen LogP contribution >= 0.6 is 0 Å². The van der Waals surface area contributed by atoms with Crippen molar-refractivity contribution >= 4 is 17.5 Å². The van der Waals surface area contributed by atoms with Crippen LogP contribution < -0.4 is 5.32 Å². The lowest BCUT2D eigenvalue weighted by molar-refractivity contribution is -0.384. The normalized spacial score (nSPS) is 9.67. The van der Waals surface area contributed by atoms with Gasteiger partial charge in [-0.05, 0) is 13.0 Å². The SMILES string of the molecule is Cc1ccnc(NCC(=O)O)c1[N+](=O)[O-]. The quantitative estimate of drug-likeness (QED) is 0.563. The summed E-state index contributed by atoms with van der Waals surface area (Å²) in [4.78, 5) is 24.1. The molecule has 0 fully saturated rings. The molecule has 0 atom stereocenters. The average molecular weight is 211 g/mol. The van der Waals surface area contributed by atoms with Crippen molar-refractivity contribution in [2.24, 2.45) is 0 Å². The molecule has 0 aliphatic heterocycles. The summed E-state index contributed by atoms with van der Waals surface area (Å²) in [7, 11) is 0. The van der Waals surface area contributed by atoms with E-state index in [1.54, 1.807) is 6.92 Å². The Balaban J connectivity index is 3.01. The molecule has 0 spiro atoms. The van der Waals surface area contributed by atoms with Gasteiger partial charge in [0.25, 0.3) is 0 Å². The third-order valence-electron chi connectivity index (χ3n) is 1.72. The Bertz CT molecular complexity index is 405. The fraction of sp³-hybridized carbons (Fsp3) is 0.250. The Kier molecular flexibility index (Phi) is 3.17. The summed E-state index contributed by atoms with van der Waals surface area (Å²) < 4.78 is 0. The molecule has 0 bridgehead atoms. The first-order valence-corrected chi connectivity index (χ1v) is 4.08. The maximum absolute atomic E-state index is 10.7. The number of nitrogens with zero attached hydrogens (tertiary/aromatic N) is 2. The van der Waals surface area contributed by atoms with Crippen LogP contribution in [0.4, 0.5) is 11.5 Å². The number of pyridine rings is 1. The second kappa shape index (κ2) is 4.36. The van der Waals surface area contributed by atoms with Gasteiger partial charge in [0, 0.05) is 11.8 Å². The molecule has 0 saturated carbocycles. The lowest BCUT2D eigenvalue weighted by Gasteiger charge is -2.04. The first-order chi connectivity index (χ1) is 7.02. The number of aromatic nitrogens is 1. The molecule has 0 aromatic carbocycles. The molecule has 1 rings (SSSR count). The van der Waals surface area contributed by atoms with Crippen LogP contribution in [0.5, 0.6) is 0 Å². The van der Waals surface area contributed by atoms with Crippen molar-refractivity contribution < 1.29 is 14.8 Å². The van der Waals surface area contributed by atoms with Crippen LogP contribution in [0.1, 0.15) is 5.56 Å². The van der Waals surface area contributed by atoms with Gasteiger partial charge in [-0.15, -0.1) is 0 Å². The number of nitrogens with one attached hydrogen (secondary N) is 1. The molecular weight excluding hydrogens is 202 g/mol. The van der Waals surface area contributed by atoms with Gasteiger partial charge in [0.2, 0.25) is 5.82 Å². The zero-order valence-corrected chi connectivity index (χ0v) is 7.93. The molecule has 15 heavy (non-hydrogen) atoms. The lowest BCUT2D eigenvalue weighted by Crippen LogP contribution is -2.14. The zero-order valence-electron chi connectivity index (χ0n) is 7.93. The van der Waals surface area contributed by atoms with Crippen molar-refractivity contribution in [3.63, 3.8) is 0 Å². The van der Waals surface area contributed by atoms with Crippen molar-refractivity contribution in [2.45, 2.75) is 6.92 Å². The van der Waals surface area contributed by atoms with E-state index in [4.69, 9.17) is 5.11 Å². The molecule has 7 nitrogen and oxygen atoms in total. The van der Waals surface area contributed by atoms with Crippen molar-refractivity contribution in [2.75, 3.05) is 11.9 Å². The van der Waals surface area contributed by atoms with Crippen LogP contribution in [0.3, 0.4) is 0 Å². The highest BCUT2D eigenvalue weighted by atomic mass is 16.6. The van der Waals surface area contributed by atoms with Gasteiger partial charge in [0.05, 0.1) is 4.92 Å². The third-order valence-corrected chi connectivity index (χ3v) is 1.72. The van der Waals surface area contributed by atoms with Gasteiger partial charge < -0.3 is 10.4 Å². The second-order valence-corrected chi connectivity index (χ2v) is 2.83. The molecule has 1 aromatic rings. The fourth-order valence-electron chi connectivity index (χ4n) is 1.07. The number of aryl methyl sites for hydroxylation is 1. The molecule has 0 aliphatic carbocycles. The van der Waals surface area contributed by atoms with E-state index in [0.29, 0.717) is 5.56 Å². The highest BCUT2D eigenvalue weighted by Gasteiger charge is 2.18. The van der Waals surface area contributed by atoms with E-state index in [-0.39, 0.29) is 11.5 Å². The van der Waals surface area contributed by atoms with Crippen molar-refractivity contribution in [3.8, 4) is 0 Å². The first-order valence-electron chi connectivity index (χ1n) is 4.08. The molecule has 2 N–H and O–H groups in total. The number of aliphatic carboxylic acids is 1. The maximum atomic E-state index is 10.7. The number of hydrogen-bond acceptors (Lipinski definition) is 5. The summed E-state index contributed by atoms with van der Waals surface area (Å²) in [6, 6.07) is 1.49. The predicted octanol–water partition coefficient (Wildman–Crippen LogP) is 0.795. The van der Waals surface area contributed by atoms with Gasteiger partial charge in [-0.2, -0.15) is 0 Å². The Morgan fingerprint density at radius 2 is 2.40 bits per heavy atom. The topological polar surface area (TPSA) is 105 Å². The summed E-state index contributed by atoms with van der Waals surface area (Å²) in [6.07, 6.45) is 1.38. The molecule has 0 aliphatic rings. The highest BCUT2D eigenvalue weighted by Crippen LogP contribution is 2.24. The van der Waals surface area contributed by atoms with Crippen LogP contribution in [-0.2, 0) is 4.79 Å². The van der Waals surface area contributed by atoms with Crippen LogP contribution in [-0.4, -0.2) is 27.5 Å². The number of rotatable bonds is 4. The summed E-state index contributed by atoms with van der Waals surface area (Å²) in [5.41, 5.74) is 0.238. The predicted molar refractivity (Wildman–Crippen MR) is 51.8 cm³/mol. The van der Waals surface area contributed by atoms with Gasteiger partial charge in [0.1, 0.15) is 6.54 Å². The summed E-state index contributed by atoms with van der Waals surface area (Å²) in [5.74, 6) is -1.13. The maximum Gasteiger partial charge on any atom is 0.322 e. The molecule has 80 valence electrons. The molecule has 0 amide bonds. The van der Waals surface area contributed by atoms with E-state index in [1.165, 1.54) is 12.3 Å². The Morgan fingerprint density at radius 1 is 1.73 bits per heavy atom. The first kappa shape index (κ1) is 10.9. The Morgan fingerprint density at radius 3 is 2.93 bits per heavy atom. The van der Waals surface area contributed by atoms with Gasteiger partial charge in [0.15, 0.2) is 0 Å². The minimum Gasteiger partial charge on any atom is -0.480 e. The zero-order chi connectivity index (χ0) is 11.4. The number of carbonyl (C=O) groups is 1. The van der Waals surface area contributed by atoms with Crippen LogP contribution in [0.2, 0.25) is 0 Å². The summed E-state index contributed by atoms with van der Waals surface area (Å²) in [6.45, 7) is 1.16. The monoisotopic (exact) mass is 211 g/mol. The molecular formula is C8H9N3O4. The van der Waals surface area contributed by atoms with Crippen molar-refractivity contribution in [1.29, 1.82) is 0 Å². The second-order valence-electron chi connectivity index (χ2n) is 2.83. The van der Waals surface area contributed by atoms with Crippen molar-refractivity contribution in [1.82, 2.24) is 4.98 Å². The van der Waals surface area contributed by atoms with E-state index in [0.717, 1.165) is 0 Å². The molecule has 7 heteroatoms. The number of hydrogen-bond donors (Lipinski definition) is 2. The van der Waals surface area contributed by atoms with Crippen LogP contribution in [0, 0.1) is 17.0 Å². The molecule has 0 saturated heterocycles. The fourth-order valence-corrected chi connectivity index (χ4v) is 1.07. The van der Waals surface area contributed by atoms with Crippen LogP contribution in [0.15, 0.2) is 12.3 Å². The van der Waals surface area contributed by atoms with E-state index in [9.17, 15) is 14.9 Å². The van der Waals surface area contributed by atoms with Gasteiger partial charge in [-0.25, -0.2) is 4.98 Å². The Hall–Kier alpha value is -2.18. The van der Waals surface area contributed by atoms with Gasteiger partial charge >= 0.3 is 11.7 Å². The average Bonchev–Trinajstić information content (AvgIpc) is 2.13. The largest absolute Gasteiger partial charge is 0.480 e. The van der Waals surface area contributed by atoms with E-state index < -0.39 is 17.4 Å². The smallest absolute Gasteiger partial charge is 0.322 e. The number of nitro groups is 1. The summed E-state index contributed by atoms with van der Waals surface area (Å²) >= 11 is 0. The molecule has 1 heterocycles. The van der Waals surface area contributed by atoms with Gasteiger partial charge in [-0.1, -0.05) is 0 Å². The number of carboxylic acids is 1. The Labute approximate surface area is 84.9 Å². The molecule has 0 radical (unpaired) electrons. The number of anilines is 1. The highest BCUT2D eigenvalue weighted by molar-refractivity contribution is 5.74. The van der Waals surface area contributed by atoms with Gasteiger partial charge in [-0.3, -0.25) is 14.9 Å². The molecule has 0 unspecified atom stereocenters. The lowest BCUT2D eigenvalue weighted by atomic mass is 10.2. The minimum absolute atomic E-state index is 0.0256. The van der Waals surface area contributed by atoms with E-state index in [1.807, 2.05) is 0 Å².